The van der Waals surface area contributed by atoms with E-state index in [-0.39, 0.29) is 5.15 Å². The summed E-state index contributed by atoms with van der Waals surface area (Å²) in [6.07, 6.45) is 3.38. The van der Waals surface area contributed by atoms with Crippen molar-refractivity contribution in [3.05, 3.63) is 17.5 Å². The van der Waals surface area contributed by atoms with Crippen LogP contribution < -0.4 is 4.74 Å². The molecule has 0 aromatic carbocycles. The fourth-order valence-electron chi connectivity index (χ4n) is 0.913. The highest BCUT2D eigenvalue weighted by Crippen LogP contribution is 2.26. The van der Waals surface area contributed by atoms with E-state index in [0.717, 1.165) is 18.3 Å². The number of halogens is 1. The first-order valence-corrected chi connectivity index (χ1v) is 5.08. The van der Waals surface area contributed by atoms with Crippen molar-refractivity contribution in [1.29, 1.82) is 0 Å². The molecule has 0 unspecified atom stereocenters. The third-order valence-electron chi connectivity index (χ3n) is 1.57. The molecule has 0 saturated carbocycles. The predicted octanol–water partition coefficient (Wildman–Crippen LogP) is 2.20. The van der Waals surface area contributed by atoms with Gasteiger partial charge in [0.2, 0.25) is 5.15 Å². The van der Waals surface area contributed by atoms with Gasteiger partial charge in [-0.1, -0.05) is 11.6 Å². The van der Waals surface area contributed by atoms with Crippen molar-refractivity contribution < 1.29 is 4.74 Å². The van der Waals surface area contributed by atoms with Crippen LogP contribution in [0.5, 0.6) is 11.6 Å². The zero-order valence-electron chi connectivity index (χ0n) is 7.35. The number of rotatable bonds is 3. The fraction of sp³-hybridized carbons (Fsp3) is 0.286. The molecule has 0 saturated heterocycles. The summed E-state index contributed by atoms with van der Waals surface area (Å²) in [5.74, 6) is 0.939. The molecule has 0 fully saturated rings. The van der Waals surface area contributed by atoms with E-state index in [2.05, 4.69) is 13.8 Å². The van der Waals surface area contributed by atoms with Crippen molar-refractivity contribution >= 4 is 23.3 Å². The summed E-state index contributed by atoms with van der Waals surface area (Å²) in [4.78, 5) is 0. The molecular weight excluding hydrogens is 224 g/mol. The maximum absolute atomic E-state index is 5.71. The molecule has 0 aliphatic rings. The van der Waals surface area contributed by atoms with Crippen LogP contribution in [-0.2, 0) is 6.54 Å². The Kier molecular flexibility index (Phi) is 2.64. The number of hydrogen-bond donors (Lipinski definition) is 0. The lowest BCUT2D eigenvalue weighted by molar-refractivity contribution is 0.467. The zero-order chi connectivity index (χ0) is 9.97. The van der Waals surface area contributed by atoms with E-state index in [1.54, 1.807) is 17.1 Å². The van der Waals surface area contributed by atoms with E-state index in [9.17, 15) is 0 Å². The maximum atomic E-state index is 5.71. The first kappa shape index (κ1) is 9.42. The highest BCUT2D eigenvalue weighted by Gasteiger charge is 2.08. The summed E-state index contributed by atoms with van der Waals surface area (Å²) >= 11 is 6.73. The number of nitrogens with zero attached hydrogens (tertiary/aromatic N) is 4. The van der Waals surface area contributed by atoms with Crippen LogP contribution in [0.4, 0.5) is 0 Å². The monoisotopic (exact) mass is 230 g/mol. The number of hydrogen-bond acceptors (Lipinski definition) is 5. The molecule has 0 amide bonds. The summed E-state index contributed by atoms with van der Waals surface area (Å²) in [6, 6.07) is 0. The van der Waals surface area contributed by atoms with Gasteiger partial charge in [-0.15, -0.1) is 4.37 Å². The molecule has 7 heteroatoms. The summed E-state index contributed by atoms with van der Waals surface area (Å²) < 4.78 is 14.8. The van der Waals surface area contributed by atoms with Gasteiger partial charge in [0.15, 0.2) is 5.75 Å². The molecule has 0 bridgehead atoms. The van der Waals surface area contributed by atoms with Crippen LogP contribution in [0.15, 0.2) is 12.4 Å². The summed E-state index contributed by atoms with van der Waals surface area (Å²) in [5.41, 5.74) is 0. The highest BCUT2D eigenvalue weighted by atomic mass is 35.5. The molecule has 0 N–H and O–H groups in total. The first-order chi connectivity index (χ1) is 6.79. The van der Waals surface area contributed by atoms with Crippen molar-refractivity contribution in [2.45, 2.75) is 13.5 Å². The second-order valence-corrected chi connectivity index (χ2v) is 3.38. The molecule has 0 atom stereocenters. The van der Waals surface area contributed by atoms with Gasteiger partial charge >= 0.3 is 0 Å². The first-order valence-electron chi connectivity index (χ1n) is 3.98. The SMILES string of the molecule is CCn1cc(Oc2nsnc2Cl)cn1. The Morgan fingerprint density at radius 3 is 3.00 bits per heavy atom. The van der Waals surface area contributed by atoms with Gasteiger partial charge in [0.1, 0.15) is 0 Å². The van der Waals surface area contributed by atoms with Crippen LogP contribution >= 0.6 is 23.3 Å². The minimum atomic E-state index is 0.277. The molecule has 0 aliphatic carbocycles. The Morgan fingerprint density at radius 2 is 2.43 bits per heavy atom. The van der Waals surface area contributed by atoms with E-state index >= 15 is 0 Å². The van der Waals surface area contributed by atoms with E-state index in [1.165, 1.54) is 0 Å². The standard InChI is InChI=1S/C7H7ClN4OS/c1-2-12-4-5(3-9-12)13-7-6(8)10-14-11-7/h3-4H,2H2,1H3. The van der Waals surface area contributed by atoms with Crippen molar-refractivity contribution in [1.82, 2.24) is 18.5 Å². The Balaban J connectivity index is 2.15. The van der Waals surface area contributed by atoms with Crippen molar-refractivity contribution in [3.63, 3.8) is 0 Å². The van der Waals surface area contributed by atoms with E-state index in [4.69, 9.17) is 16.3 Å². The van der Waals surface area contributed by atoms with E-state index in [0.29, 0.717) is 11.6 Å². The summed E-state index contributed by atoms with van der Waals surface area (Å²) in [7, 11) is 0. The van der Waals surface area contributed by atoms with Crippen molar-refractivity contribution in [3.8, 4) is 11.6 Å². The quantitative estimate of drug-likeness (QED) is 0.811. The molecule has 0 aliphatic heterocycles. The van der Waals surface area contributed by atoms with E-state index in [1.807, 2.05) is 6.92 Å². The van der Waals surface area contributed by atoms with Crippen LogP contribution in [0, 0.1) is 0 Å². The second kappa shape index (κ2) is 3.93. The Morgan fingerprint density at radius 1 is 1.57 bits per heavy atom. The minimum absolute atomic E-state index is 0.277. The maximum Gasteiger partial charge on any atom is 0.271 e. The van der Waals surface area contributed by atoms with Crippen LogP contribution in [0.2, 0.25) is 5.15 Å². The van der Waals surface area contributed by atoms with Gasteiger partial charge in [0.25, 0.3) is 5.88 Å². The largest absolute Gasteiger partial charge is 0.432 e. The average Bonchev–Trinajstić information content (AvgIpc) is 2.77. The lowest BCUT2D eigenvalue weighted by Crippen LogP contribution is -1.92. The number of aryl methyl sites for hydroxylation is 1. The molecular formula is C7H7ClN4OS. The normalized spacial score (nSPS) is 10.4. The molecule has 0 spiro atoms. The van der Waals surface area contributed by atoms with Gasteiger partial charge in [-0.3, -0.25) is 4.68 Å². The smallest absolute Gasteiger partial charge is 0.271 e. The minimum Gasteiger partial charge on any atom is -0.432 e. The average molecular weight is 231 g/mol. The number of aromatic nitrogens is 4. The molecule has 2 heterocycles. The fourth-order valence-corrected chi connectivity index (χ4v) is 1.52. The molecule has 2 aromatic rings. The van der Waals surface area contributed by atoms with Crippen LogP contribution in [0.25, 0.3) is 0 Å². The Bertz CT molecular complexity index is 427. The lowest BCUT2D eigenvalue weighted by atomic mass is 10.6. The predicted molar refractivity (Wildman–Crippen MR) is 52.9 cm³/mol. The van der Waals surface area contributed by atoms with Crippen LogP contribution in [0.3, 0.4) is 0 Å². The molecule has 74 valence electrons. The van der Waals surface area contributed by atoms with Gasteiger partial charge in [-0.05, 0) is 6.92 Å². The van der Waals surface area contributed by atoms with Crippen LogP contribution in [-0.4, -0.2) is 18.5 Å². The zero-order valence-corrected chi connectivity index (χ0v) is 8.92. The molecule has 5 nitrogen and oxygen atoms in total. The third kappa shape index (κ3) is 1.85. The Hall–Kier alpha value is -1.14. The topological polar surface area (TPSA) is 52.8 Å². The van der Waals surface area contributed by atoms with Crippen molar-refractivity contribution in [2.24, 2.45) is 0 Å². The van der Waals surface area contributed by atoms with Gasteiger partial charge in [-0.25, -0.2) is 0 Å². The lowest BCUT2D eigenvalue weighted by Gasteiger charge is -1.96. The second-order valence-electron chi connectivity index (χ2n) is 2.49. The van der Waals surface area contributed by atoms with Gasteiger partial charge in [0, 0.05) is 6.54 Å². The molecule has 2 rings (SSSR count). The van der Waals surface area contributed by atoms with E-state index < -0.39 is 0 Å². The summed E-state index contributed by atoms with van der Waals surface area (Å²) in [5, 5.41) is 4.33. The van der Waals surface area contributed by atoms with Crippen LogP contribution in [0.1, 0.15) is 6.92 Å². The molecule has 14 heavy (non-hydrogen) atoms. The molecule has 2 aromatic heterocycles. The number of ether oxygens (including phenoxy) is 1. The van der Waals surface area contributed by atoms with Gasteiger partial charge < -0.3 is 4.74 Å². The van der Waals surface area contributed by atoms with Crippen molar-refractivity contribution in [2.75, 3.05) is 0 Å². The third-order valence-corrected chi connectivity index (χ3v) is 2.43. The highest BCUT2D eigenvalue weighted by molar-refractivity contribution is 6.99. The van der Waals surface area contributed by atoms with Gasteiger partial charge in [-0.2, -0.15) is 9.47 Å². The molecule has 0 radical (unpaired) electrons. The Labute approximate surface area is 89.6 Å². The summed E-state index contributed by atoms with van der Waals surface area (Å²) in [6.45, 7) is 2.79. The van der Waals surface area contributed by atoms with Gasteiger partial charge in [0.05, 0.1) is 24.1 Å².